The van der Waals surface area contributed by atoms with Gasteiger partial charge in [-0.05, 0) is 37.5 Å². The molecule has 0 fully saturated rings. The van der Waals surface area contributed by atoms with Gasteiger partial charge < -0.3 is 10.6 Å². The highest BCUT2D eigenvalue weighted by Crippen LogP contribution is 2.24. The van der Waals surface area contributed by atoms with Crippen molar-refractivity contribution < 1.29 is 9.18 Å². The molecule has 1 aromatic rings. The summed E-state index contributed by atoms with van der Waals surface area (Å²) in [6, 6.07) is 4.61. The highest BCUT2D eigenvalue weighted by Gasteiger charge is 2.16. The van der Waals surface area contributed by atoms with Gasteiger partial charge in [0.25, 0.3) is 0 Å². The molecular formula is C14H17FN2OS. The number of rotatable bonds is 4. The summed E-state index contributed by atoms with van der Waals surface area (Å²) in [5.41, 5.74) is 6.63. The van der Waals surface area contributed by atoms with Crippen LogP contribution in [0.1, 0.15) is 19.3 Å². The average Bonchev–Trinajstić information content (AvgIpc) is 2.93. The van der Waals surface area contributed by atoms with E-state index in [1.54, 1.807) is 18.0 Å². The molecule has 0 saturated heterocycles. The summed E-state index contributed by atoms with van der Waals surface area (Å²) in [7, 11) is 1.80. The van der Waals surface area contributed by atoms with E-state index in [4.69, 9.17) is 5.73 Å². The Morgan fingerprint density at radius 2 is 2.32 bits per heavy atom. The van der Waals surface area contributed by atoms with Gasteiger partial charge in [0, 0.05) is 17.6 Å². The number of nitrogen functional groups attached to an aromatic ring is 1. The molecule has 1 aliphatic rings. The molecule has 0 aliphatic heterocycles. The standard InChI is InChI=1S/C14H17FN2OS/c1-17(10-4-2-3-5-10)14(18)9-19-11-6-7-13(16)12(15)8-11/h4,6-8H,2-3,5,9,16H2,1H3. The van der Waals surface area contributed by atoms with E-state index in [1.165, 1.54) is 23.9 Å². The van der Waals surface area contributed by atoms with Gasteiger partial charge in [-0.15, -0.1) is 11.8 Å². The van der Waals surface area contributed by atoms with Gasteiger partial charge in [-0.3, -0.25) is 4.79 Å². The lowest BCUT2D eigenvalue weighted by molar-refractivity contribution is -0.125. The summed E-state index contributed by atoms with van der Waals surface area (Å²) in [5, 5.41) is 0. The number of thioether (sulfide) groups is 1. The smallest absolute Gasteiger partial charge is 0.236 e. The lowest BCUT2D eigenvalue weighted by Crippen LogP contribution is -2.26. The number of amides is 1. The molecule has 0 heterocycles. The van der Waals surface area contributed by atoms with Crippen molar-refractivity contribution in [1.29, 1.82) is 0 Å². The fraction of sp³-hybridized carbons (Fsp3) is 0.357. The van der Waals surface area contributed by atoms with Gasteiger partial charge in [-0.25, -0.2) is 4.39 Å². The Balaban J connectivity index is 1.90. The normalized spacial score (nSPS) is 14.3. The van der Waals surface area contributed by atoms with E-state index >= 15 is 0 Å². The van der Waals surface area contributed by atoms with Crippen molar-refractivity contribution in [2.45, 2.75) is 24.2 Å². The lowest BCUT2D eigenvalue weighted by Gasteiger charge is -2.18. The summed E-state index contributed by atoms with van der Waals surface area (Å²) in [5.74, 6) is -0.100. The molecule has 3 nitrogen and oxygen atoms in total. The molecule has 0 bridgehead atoms. The van der Waals surface area contributed by atoms with E-state index in [9.17, 15) is 9.18 Å². The van der Waals surface area contributed by atoms with Crippen LogP contribution in [0.15, 0.2) is 34.9 Å². The number of benzene rings is 1. The molecule has 0 atom stereocenters. The zero-order chi connectivity index (χ0) is 13.8. The van der Waals surface area contributed by atoms with Gasteiger partial charge in [0.15, 0.2) is 0 Å². The quantitative estimate of drug-likeness (QED) is 0.681. The maximum Gasteiger partial charge on any atom is 0.236 e. The van der Waals surface area contributed by atoms with Crippen LogP contribution in [-0.2, 0) is 4.79 Å². The van der Waals surface area contributed by atoms with Crippen molar-refractivity contribution in [3.63, 3.8) is 0 Å². The van der Waals surface area contributed by atoms with Crippen molar-refractivity contribution in [1.82, 2.24) is 4.90 Å². The Bertz CT molecular complexity index is 516. The minimum absolute atomic E-state index is 0.0374. The van der Waals surface area contributed by atoms with Crippen molar-refractivity contribution >= 4 is 23.4 Å². The van der Waals surface area contributed by atoms with Crippen LogP contribution >= 0.6 is 11.8 Å². The second kappa shape index (κ2) is 6.10. The Kier molecular flexibility index (Phi) is 4.47. The first-order valence-corrected chi connectivity index (χ1v) is 7.20. The van der Waals surface area contributed by atoms with Crippen LogP contribution in [0.3, 0.4) is 0 Å². The summed E-state index contributed by atoms with van der Waals surface area (Å²) >= 11 is 1.32. The van der Waals surface area contributed by atoms with Crippen LogP contribution in [0, 0.1) is 5.82 Å². The first kappa shape index (κ1) is 13.9. The highest BCUT2D eigenvalue weighted by molar-refractivity contribution is 8.00. The molecule has 0 radical (unpaired) electrons. The molecule has 0 spiro atoms. The molecule has 2 N–H and O–H groups in total. The number of hydrogen-bond acceptors (Lipinski definition) is 3. The van der Waals surface area contributed by atoms with Gasteiger partial charge >= 0.3 is 0 Å². The van der Waals surface area contributed by atoms with Gasteiger partial charge in [-0.2, -0.15) is 0 Å². The van der Waals surface area contributed by atoms with Gasteiger partial charge in [-0.1, -0.05) is 6.08 Å². The number of allylic oxidation sites excluding steroid dienone is 2. The molecule has 1 aromatic carbocycles. The molecule has 0 aromatic heterocycles. The molecule has 5 heteroatoms. The number of carbonyl (C=O) groups excluding carboxylic acids is 1. The molecular weight excluding hydrogens is 263 g/mol. The summed E-state index contributed by atoms with van der Waals surface area (Å²) in [6.45, 7) is 0. The van der Waals surface area contributed by atoms with E-state index in [-0.39, 0.29) is 11.6 Å². The highest BCUT2D eigenvalue weighted by atomic mass is 32.2. The van der Waals surface area contributed by atoms with Crippen LogP contribution < -0.4 is 5.73 Å². The SMILES string of the molecule is CN(C(=O)CSc1ccc(N)c(F)c1)C1=CCCC1. The Labute approximate surface area is 116 Å². The second-order valence-electron chi connectivity index (χ2n) is 4.51. The number of carbonyl (C=O) groups is 1. The molecule has 0 unspecified atom stereocenters. The summed E-state index contributed by atoms with van der Waals surface area (Å²) in [4.78, 5) is 14.4. The maximum absolute atomic E-state index is 13.3. The first-order chi connectivity index (χ1) is 9.08. The Morgan fingerprint density at radius 3 is 2.95 bits per heavy atom. The molecule has 2 rings (SSSR count). The lowest BCUT2D eigenvalue weighted by atomic mass is 10.3. The van der Waals surface area contributed by atoms with Gasteiger partial charge in [0.05, 0.1) is 11.4 Å². The van der Waals surface area contributed by atoms with E-state index in [2.05, 4.69) is 6.08 Å². The second-order valence-corrected chi connectivity index (χ2v) is 5.56. The fourth-order valence-corrected chi connectivity index (χ4v) is 2.79. The predicted molar refractivity (Wildman–Crippen MR) is 76.2 cm³/mol. The predicted octanol–water partition coefficient (Wildman–Crippen LogP) is 3.03. The van der Waals surface area contributed by atoms with Crippen LogP contribution in [-0.4, -0.2) is 23.6 Å². The van der Waals surface area contributed by atoms with Crippen molar-refractivity contribution in [2.24, 2.45) is 0 Å². The zero-order valence-electron chi connectivity index (χ0n) is 10.9. The number of hydrogen-bond donors (Lipinski definition) is 1. The molecule has 1 amide bonds. The molecule has 1 aliphatic carbocycles. The largest absolute Gasteiger partial charge is 0.396 e. The van der Waals surface area contributed by atoms with Gasteiger partial charge in [0.1, 0.15) is 5.82 Å². The molecule has 102 valence electrons. The van der Waals surface area contributed by atoms with Crippen LogP contribution in [0.2, 0.25) is 0 Å². The third kappa shape index (κ3) is 3.50. The number of nitrogens with two attached hydrogens (primary N) is 1. The van der Waals surface area contributed by atoms with Crippen LogP contribution in [0.4, 0.5) is 10.1 Å². The van der Waals surface area contributed by atoms with E-state index < -0.39 is 5.82 Å². The minimum Gasteiger partial charge on any atom is -0.396 e. The van der Waals surface area contributed by atoms with E-state index in [0.717, 1.165) is 25.0 Å². The third-order valence-corrected chi connectivity index (χ3v) is 4.13. The number of anilines is 1. The zero-order valence-corrected chi connectivity index (χ0v) is 11.7. The summed E-state index contributed by atoms with van der Waals surface area (Å²) in [6.07, 6.45) is 5.22. The monoisotopic (exact) mass is 280 g/mol. The van der Waals surface area contributed by atoms with Crippen LogP contribution in [0.5, 0.6) is 0 Å². The summed E-state index contributed by atoms with van der Waals surface area (Å²) < 4.78 is 13.3. The Hall–Kier alpha value is -1.49. The average molecular weight is 280 g/mol. The Morgan fingerprint density at radius 1 is 1.53 bits per heavy atom. The van der Waals surface area contributed by atoms with Crippen molar-refractivity contribution in [3.8, 4) is 0 Å². The maximum atomic E-state index is 13.3. The minimum atomic E-state index is -0.440. The van der Waals surface area contributed by atoms with E-state index in [0.29, 0.717) is 10.6 Å². The van der Waals surface area contributed by atoms with Crippen LogP contribution in [0.25, 0.3) is 0 Å². The third-order valence-electron chi connectivity index (χ3n) is 3.16. The molecule has 0 saturated carbocycles. The topological polar surface area (TPSA) is 46.3 Å². The fourth-order valence-electron chi connectivity index (χ4n) is 1.96. The van der Waals surface area contributed by atoms with Gasteiger partial charge in [0.2, 0.25) is 5.91 Å². The first-order valence-electron chi connectivity index (χ1n) is 6.21. The van der Waals surface area contributed by atoms with Crippen molar-refractivity contribution in [2.75, 3.05) is 18.5 Å². The van der Waals surface area contributed by atoms with Crippen molar-refractivity contribution in [3.05, 3.63) is 35.8 Å². The van der Waals surface area contributed by atoms with E-state index in [1.807, 2.05) is 0 Å². The number of nitrogens with zero attached hydrogens (tertiary/aromatic N) is 1. The number of halogens is 1. The molecule has 19 heavy (non-hydrogen) atoms.